The Balaban J connectivity index is 2.20. The molecule has 24 heavy (non-hydrogen) atoms. The normalized spacial score (nSPS) is 11.7. The summed E-state index contributed by atoms with van der Waals surface area (Å²) in [7, 11) is 1.55. The van der Waals surface area contributed by atoms with Crippen molar-refractivity contribution in [3.63, 3.8) is 0 Å². The second kappa shape index (κ2) is 8.02. The Hall–Kier alpha value is -2.27. The predicted octanol–water partition coefficient (Wildman–Crippen LogP) is 4.38. The number of rotatable bonds is 6. The standard InChI is InChI=1S/C18H19ClFNO3/c1-4-24-15-9-8-12(10-16(15)23-3)11(2)21-18(22)17-13(19)6-5-7-14(17)20/h5-11H,4H2,1-3H3,(H,21,22)/t11-/m1/s1. The van der Waals surface area contributed by atoms with Crippen molar-refractivity contribution in [1.29, 1.82) is 0 Å². The van der Waals surface area contributed by atoms with E-state index in [2.05, 4.69) is 5.32 Å². The molecule has 6 heteroatoms. The van der Waals surface area contributed by atoms with Gasteiger partial charge in [0.2, 0.25) is 0 Å². The van der Waals surface area contributed by atoms with Crippen molar-refractivity contribution in [2.24, 2.45) is 0 Å². The third kappa shape index (κ3) is 3.97. The Morgan fingerprint density at radius 3 is 2.67 bits per heavy atom. The van der Waals surface area contributed by atoms with Crippen LogP contribution >= 0.6 is 11.6 Å². The van der Waals surface area contributed by atoms with Crippen molar-refractivity contribution in [1.82, 2.24) is 5.32 Å². The molecule has 2 aromatic rings. The van der Waals surface area contributed by atoms with Crippen LogP contribution in [-0.4, -0.2) is 19.6 Å². The monoisotopic (exact) mass is 351 g/mol. The molecule has 0 heterocycles. The molecule has 0 saturated heterocycles. The summed E-state index contributed by atoms with van der Waals surface area (Å²) in [5, 5.41) is 2.81. The second-order valence-corrected chi connectivity index (χ2v) is 5.54. The summed E-state index contributed by atoms with van der Waals surface area (Å²) < 4.78 is 24.6. The molecule has 0 fully saturated rings. The Morgan fingerprint density at radius 2 is 2.04 bits per heavy atom. The summed E-state index contributed by atoms with van der Waals surface area (Å²) in [5.41, 5.74) is 0.639. The van der Waals surface area contributed by atoms with E-state index in [1.54, 1.807) is 26.2 Å². The van der Waals surface area contributed by atoms with E-state index in [0.717, 1.165) is 5.56 Å². The molecule has 1 atom stereocenters. The van der Waals surface area contributed by atoms with Crippen molar-refractivity contribution in [3.05, 3.63) is 58.4 Å². The first-order valence-electron chi connectivity index (χ1n) is 7.53. The number of nitrogens with one attached hydrogen (secondary N) is 1. The molecule has 0 aliphatic carbocycles. The Labute approximate surface area is 145 Å². The first kappa shape index (κ1) is 18.1. The molecule has 1 N–H and O–H groups in total. The fourth-order valence-corrected chi connectivity index (χ4v) is 2.54. The molecule has 128 valence electrons. The number of benzene rings is 2. The average Bonchev–Trinajstić information content (AvgIpc) is 2.55. The lowest BCUT2D eigenvalue weighted by Gasteiger charge is -2.17. The zero-order valence-electron chi connectivity index (χ0n) is 13.7. The van der Waals surface area contributed by atoms with E-state index in [1.165, 1.54) is 18.2 Å². The van der Waals surface area contributed by atoms with Gasteiger partial charge >= 0.3 is 0 Å². The lowest BCUT2D eigenvalue weighted by molar-refractivity contribution is 0.0936. The summed E-state index contributed by atoms with van der Waals surface area (Å²) in [6.07, 6.45) is 0. The van der Waals surface area contributed by atoms with Crippen molar-refractivity contribution < 1.29 is 18.7 Å². The zero-order valence-corrected chi connectivity index (χ0v) is 14.5. The maximum Gasteiger partial charge on any atom is 0.256 e. The highest BCUT2D eigenvalue weighted by atomic mass is 35.5. The predicted molar refractivity (Wildman–Crippen MR) is 91.5 cm³/mol. The molecule has 0 radical (unpaired) electrons. The average molecular weight is 352 g/mol. The van der Waals surface area contributed by atoms with Crippen LogP contribution in [0.2, 0.25) is 5.02 Å². The van der Waals surface area contributed by atoms with Crippen molar-refractivity contribution in [2.75, 3.05) is 13.7 Å². The fraction of sp³-hybridized carbons (Fsp3) is 0.278. The lowest BCUT2D eigenvalue weighted by Crippen LogP contribution is -2.27. The third-order valence-electron chi connectivity index (χ3n) is 3.52. The highest BCUT2D eigenvalue weighted by Crippen LogP contribution is 2.30. The van der Waals surface area contributed by atoms with Gasteiger partial charge in [0.15, 0.2) is 11.5 Å². The molecular weight excluding hydrogens is 333 g/mol. The van der Waals surface area contributed by atoms with Gasteiger partial charge in [-0.25, -0.2) is 4.39 Å². The van der Waals surface area contributed by atoms with Gasteiger partial charge in [-0.1, -0.05) is 23.7 Å². The van der Waals surface area contributed by atoms with Crippen LogP contribution in [0.5, 0.6) is 11.5 Å². The number of carbonyl (C=O) groups excluding carboxylic acids is 1. The van der Waals surface area contributed by atoms with Crippen molar-refractivity contribution >= 4 is 17.5 Å². The number of halogens is 2. The lowest BCUT2D eigenvalue weighted by atomic mass is 10.1. The van der Waals surface area contributed by atoms with Gasteiger partial charge in [0.1, 0.15) is 5.82 Å². The summed E-state index contributed by atoms with van der Waals surface area (Å²) in [4.78, 5) is 12.3. The Bertz CT molecular complexity index is 716. The van der Waals surface area contributed by atoms with E-state index < -0.39 is 11.7 Å². The molecular formula is C18H19ClFNO3. The molecule has 0 aliphatic heterocycles. The van der Waals surface area contributed by atoms with Crippen LogP contribution in [0.15, 0.2) is 36.4 Å². The Kier molecular flexibility index (Phi) is 6.04. The number of ether oxygens (including phenoxy) is 2. The maximum absolute atomic E-state index is 13.8. The second-order valence-electron chi connectivity index (χ2n) is 5.14. The van der Waals surface area contributed by atoms with Gasteiger partial charge in [-0.2, -0.15) is 0 Å². The van der Waals surface area contributed by atoms with Crippen LogP contribution < -0.4 is 14.8 Å². The van der Waals surface area contributed by atoms with E-state index in [0.29, 0.717) is 18.1 Å². The SMILES string of the molecule is CCOc1ccc([C@@H](C)NC(=O)c2c(F)cccc2Cl)cc1OC. The summed E-state index contributed by atoms with van der Waals surface area (Å²) in [6, 6.07) is 9.14. The van der Waals surface area contributed by atoms with Crippen LogP contribution in [0, 0.1) is 5.82 Å². The number of hydrogen-bond acceptors (Lipinski definition) is 3. The maximum atomic E-state index is 13.8. The zero-order chi connectivity index (χ0) is 17.7. The van der Waals surface area contributed by atoms with Crippen LogP contribution in [0.1, 0.15) is 35.8 Å². The van der Waals surface area contributed by atoms with E-state index in [4.69, 9.17) is 21.1 Å². The highest BCUT2D eigenvalue weighted by Gasteiger charge is 2.19. The first-order valence-corrected chi connectivity index (χ1v) is 7.91. The van der Waals surface area contributed by atoms with E-state index in [-0.39, 0.29) is 16.6 Å². The molecule has 0 spiro atoms. The van der Waals surface area contributed by atoms with Crippen LogP contribution in [0.4, 0.5) is 4.39 Å². The van der Waals surface area contributed by atoms with Crippen molar-refractivity contribution in [3.8, 4) is 11.5 Å². The van der Waals surface area contributed by atoms with Gasteiger partial charge in [-0.05, 0) is 43.7 Å². The van der Waals surface area contributed by atoms with Crippen LogP contribution in [0.25, 0.3) is 0 Å². The molecule has 0 aromatic heterocycles. The molecule has 2 aromatic carbocycles. The number of carbonyl (C=O) groups is 1. The quantitative estimate of drug-likeness (QED) is 0.840. The minimum atomic E-state index is -0.656. The minimum Gasteiger partial charge on any atom is -0.493 e. The first-order chi connectivity index (χ1) is 11.5. The van der Waals surface area contributed by atoms with Crippen LogP contribution in [-0.2, 0) is 0 Å². The van der Waals surface area contributed by atoms with Gasteiger partial charge in [-0.15, -0.1) is 0 Å². The van der Waals surface area contributed by atoms with Gasteiger partial charge in [-0.3, -0.25) is 4.79 Å². The van der Waals surface area contributed by atoms with Gasteiger partial charge in [0, 0.05) is 0 Å². The summed E-state index contributed by atoms with van der Waals surface area (Å²) in [6.45, 7) is 4.20. The number of hydrogen-bond donors (Lipinski definition) is 1. The van der Waals surface area contributed by atoms with Gasteiger partial charge in [0.05, 0.1) is 30.3 Å². The van der Waals surface area contributed by atoms with Crippen LogP contribution in [0.3, 0.4) is 0 Å². The smallest absolute Gasteiger partial charge is 0.256 e. The number of amides is 1. The molecule has 0 unspecified atom stereocenters. The topological polar surface area (TPSA) is 47.6 Å². The molecule has 1 amide bonds. The summed E-state index contributed by atoms with van der Waals surface area (Å²) >= 11 is 5.92. The summed E-state index contributed by atoms with van der Waals surface area (Å²) in [5.74, 6) is -0.0336. The fourth-order valence-electron chi connectivity index (χ4n) is 2.30. The van der Waals surface area contributed by atoms with Crippen molar-refractivity contribution in [2.45, 2.75) is 19.9 Å². The largest absolute Gasteiger partial charge is 0.493 e. The third-order valence-corrected chi connectivity index (χ3v) is 3.84. The Morgan fingerprint density at radius 1 is 1.29 bits per heavy atom. The molecule has 0 saturated carbocycles. The molecule has 4 nitrogen and oxygen atoms in total. The van der Waals surface area contributed by atoms with E-state index in [1.807, 2.05) is 13.0 Å². The van der Waals surface area contributed by atoms with Gasteiger partial charge < -0.3 is 14.8 Å². The minimum absolute atomic E-state index is 0.0731. The molecule has 0 bridgehead atoms. The molecule has 2 rings (SSSR count). The van der Waals surface area contributed by atoms with E-state index >= 15 is 0 Å². The highest BCUT2D eigenvalue weighted by molar-refractivity contribution is 6.33. The van der Waals surface area contributed by atoms with Gasteiger partial charge in [0.25, 0.3) is 5.91 Å². The molecule has 0 aliphatic rings. The van der Waals surface area contributed by atoms with E-state index in [9.17, 15) is 9.18 Å². The number of methoxy groups -OCH3 is 1.